The van der Waals surface area contributed by atoms with E-state index in [-0.39, 0.29) is 6.54 Å². The molecule has 0 bridgehead atoms. The van der Waals surface area contributed by atoms with E-state index in [1.807, 2.05) is 19.1 Å². The molecule has 2 aromatic rings. The molecule has 2 fully saturated rings. The van der Waals surface area contributed by atoms with E-state index in [4.69, 9.17) is 11.6 Å². The van der Waals surface area contributed by atoms with Crippen molar-refractivity contribution in [2.75, 3.05) is 29.9 Å². The average Bonchev–Trinajstić information content (AvgIpc) is 3.37. The fourth-order valence-electron chi connectivity index (χ4n) is 3.69. The largest absolute Gasteiger partial charge is 0.372 e. The van der Waals surface area contributed by atoms with Gasteiger partial charge < -0.3 is 10.2 Å². The summed E-state index contributed by atoms with van der Waals surface area (Å²) < 4.78 is 0.706. The van der Waals surface area contributed by atoms with Crippen molar-refractivity contribution in [3.63, 3.8) is 0 Å². The number of thioether (sulfide) groups is 1. The van der Waals surface area contributed by atoms with Crippen molar-refractivity contribution in [2.24, 2.45) is 0 Å². The number of rotatable bonds is 5. The molecule has 0 aromatic heterocycles. The number of hydrogen-bond acceptors (Lipinski definition) is 5. The molecule has 0 aliphatic carbocycles. The topological polar surface area (TPSA) is 69.7 Å². The Morgan fingerprint density at radius 1 is 1.19 bits per heavy atom. The van der Waals surface area contributed by atoms with Crippen LogP contribution in [-0.4, -0.2) is 41.6 Å². The number of benzene rings is 2. The summed E-state index contributed by atoms with van der Waals surface area (Å²) in [6.45, 7) is 3.76. The summed E-state index contributed by atoms with van der Waals surface area (Å²) in [4.78, 5) is 41.2. The van der Waals surface area contributed by atoms with Crippen LogP contribution in [0.5, 0.6) is 0 Å². The summed E-state index contributed by atoms with van der Waals surface area (Å²) in [6.07, 6.45) is 4.13. The molecule has 166 valence electrons. The molecule has 2 saturated heterocycles. The summed E-state index contributed by atoms with van der Waals surface area (Å²) in [5, 5.41) is 2.65. The van der Waals surface area contributed by atoms with Gasteiger partial charge in [0.2, 0.25) is 5.91 Å². The lowest BCUT2D eigenvalue weighted by Crippen LogP contribution is -2.36. The number of nitrogens with one attached hydrogen (secondary N) is 1. The lowest BCUT2D eigenvalue weighted by molar-refractivity contribution is -0.127. The van der Waals surface area contributed by atoms with Gasteiger partial charge in [0.1, 0.15) is 6.54 Å². The Morgan fingerprint density at radius 2 is 1.94 bits per heavy atom. The summed E-state index contributed by atoms with van der Waals surface area (Å²) >= 11 is 10.2. The summed E-state index contributed by atoms with van der Waals surface area (Å²) in [7, 11) is 0. The highest BCUT2D eigenvalue weighted by atomic mass is 79.9. The molecule has 2 heterocycles. The zero-order valence-corrected chi connectivity index (χ0v) is 20.5. The molecule has 32 heavy (non-hydrogen) atoms. The quantitative estimate of drug-likeness (QED) is 0.499. The molecule has 2 aromatic carbocycles. The molecule has 9 heteroatoms. The van der Waals surface area contributed by atoms with Crippen LogP contribution < -0.4 is 10.2 Å². The number of carbonyl (C=O) groups is 3. The number of carbonyl (C=O) groups excluding carboxylic acids is 3. The number of aryl methyl sites for hydroxylation is 1. The van der Waals surface area contributed by atoms with Crippen LogP contribution in [0.2, 0.25) is 5.02 Å². The Balaban J connectivity index is 1.44. The minimum Gasteiger partial charge on any atom is -0.372 e. The van der Waals surface area contributed by atoms with E-state index in [1.54, 1.807) is 24.3 Å². The Kier molecular flexibility index (Phi) is 6.93. The third kappa shape index (κ3) is 5.03. The second-order valence-corrected chi connectivity index (χ2v) is 9.93. The molecule has 0 saturated carbocycles. The molecule has 0 radical (unpaired) electrons. The summed E-state index contributed by atoms with van der Waals surface area (Å²) in [6, 6.07) is 11.1. The van der Waals surface area contributed by atoms with Crippen molar-refractivity contribution < 1.29 is 14.4 Å². The summed E-state index contributed by atoms with van der Waals surface area (Å²) in [5.41, 5.74) is 3.58. The van der Waals surface area contributed by atoms with Crippen LogP contribution in [-0.2, 0) is 9.59 Å². The van der Waals surface area contributed by atoms with Gasteiger partial charge in [0.25, 0.3) is 11.1 Å². The molecule has 0 unspecified atom stereocenters. The first-order chi connectivity index (χ1) is 15.3. The van der Waals surface area contributed by atoms with Crippen LogP contribution in [0, 0.1) is 6.92 Å². The van der Waals surface area contributed by atoms with Gasteiger partial charge in [-0.25, -0.2) is 0 Å². The number of imide groups is 1. The van der Waals surface area contributed by atoms with E-state index in [9.17, 15) is 14.4 Å². The number of halogens is 2. The van der Waals surface area contributed by atoms with E-state index in [0.717, 1.165) is 40.9 Å². The lowest BCUT2D eigenvalue weighted by Gasteiger charge is -2.18. The van der Waals surface area contributed by atoms with Crippen LogP contribution in [0.15, 0.2) is 45.8 Å². The molecule has 2 aliphatic rings. The fraction of sp³-hybridized carbons (Fsp3) is 0.261. The van der Waals surface area contributed by atoms with Gasteiger partial charge in [0, 0.05) is 28.9 Å². The number of hydrogen-bond donors (Lipinski definition) is 1. The van der Waals surface area contributed by atoms with Crippen molar-refractivity contribution in [3.8, 4) is 0 Å². The van der Waals surface area contributed by atoms with E-state index in [2.05, 4.69) is 32.2 Å². The molecule has 0 spiro atoms. The van der Waals surface area contributed by atoms with E-state index < -0.39 is 17.1 Å². The van der Waals surface area contributed by atoms with Crippen molar-refractivity contribution in [1.29, 1.82) is 0 Å². The molecule has 6 nitrogen and oxygen atoms in total. The Labute approximate surface area is 204 Å². The molecule has 0 atom stereocenters. The predicted molar refractivity (Wildman–Crippen MR) is 133 cm³/mol. The Hall–Kier alpha value is -2.29. The molecule has 3 amide bonds. The van der Waals surface area contributed by atoms with Crippen LogP contribution in [0.3, 0.4) is 0 Å². The van der Waals surface area contributed by atoms with E-state index in [0.29, 0.717) is 20.1 Å². The molecule has 4 rings (SSSR count). The van der Waals surface area contributed by atoms with E-state index in [1.165, 1.54) is 18.5 Å². The van der Waals surface area contributed by atoms with Crippen molar-refractivity contribution in [2.45, 2.75) is 19.8 Å². The third-order valence-corrected chi connectivity index (χ3v) is 7.53. The van der Waals surface area contributed by atoms with Crippen molar-refractivity contribution in [3.05, 3.63) is 61.9 Å². The van der Waals surface area contributed by atoms with Gasteiger partial charge in [-0.05, 0) is 95.0 Å². The highest BCUT2D eigenvalue weighted by Crippen LogP contribution is 2.33. The minimum absolute atomic E-state index is 0.312. The monoisotopic (exact) mass is 533 g/mol. The lowest BCUT2D eigenvalue weighted by atomic mass is 10.1. The van der Waals surface area contributed by atoms with Crippen LogP contribution >= 0.6 is 39.3 Å². The Bertz CT molecular complexity index is 1130. The second-order valence-electron chi connectivity index (χ2n) is 7.68. The number of amides is 3. The van der Waals surface area contributed by atoms with Crippen LogP contribution in [0.25, 0.3) is 6.08 Å². The van der Waals surface area contributed by atoms with Gasteiger partial charge in [-0.2, -0.15) is 0 Å². The summed E-state index contributed by atoms with van der Waals surface area (Å²) in [5.74, 6) is -0.940. The number of nitrogens with zero attached hydrogens (tertiary/aromatic N) is 2. The van der Waals surface area contributed by atoms with Crippen molar-refractivity contribution >= 4 is 73.8 Å². The highest BCUT2D eigenvalue weighted by Gasteiger charge is 2.36. The molecular weight excluding hydrogens is 514 g/mol. The predicted octanol–water partition coefficient (Wildman–Crippen LogP) is 5.69. The molecule has 2 aliphatic heterocycles. The first-order valence-corrected chi connectivity index (χ1v) is 12.2. The SMILES string of the molecule is Cc1cc(N2CCCC2)ccc1/C=C1/SC(=O)N(CC(=O)Nc2ccc(Br)c(Cl)c2)C1=O. The first kappa shape index (κ1) is 22.9. The fourth-order valence-corrected chi connectivity index (χ4v) is 4.95. The smallest absolute Gasteiger partial charge is 0.294 e. The maximum atomic E-state index is 12.8. The standard InChI is InChI=1S/C23H21BrClN3O3S/c1-14-10-17(27-8-2-3-9-27)6-4-15(14)11-20-22(30)28(23(31)32-20)13-21(29)26-16-5-7-18(24)19(25)12-16/h4-7,10-12H,2-3,8-9,13H2,1H3,(H,26,29)/b20-11+. The zero-order chi connectivity index (χ0) is 22.8. The Morgan fingerprint density at radius 3 is 2.62 bits per heavy atom. The van der Waals surface area contributed by atoms with Gasteiger partial charge in [-0.1, -0.05) is 17.7 Å². The third-order valence-electron chi connectivity index (χ3n) is 5.39. The van der Waals surface area contributed by atoms with Gasteiger partial charge >= 0.3 is 0 Å². The zero-order valence-electron chi connectivity index (χ0n) is 17.4. The average molecular weight is 535 g/mol. The number of anilines is 2. The highest BCUT2D eigenvalue weighted by molar-refractivity contribution is 9.10. The van der Waals surface area contributed by atoms with Crippen molar-refractivity contribution in [1.82, 2.24) is 4.90 Å². The molecular formula is C23H21BrClN3O3S. The van der Waals surface area contributed by atoms with Gasteiger partial charge in [0.05, 0.1) is 9.93 Å². The van der Waals surface area contributed by atoms with Gasteiger partial charge in [-0.3, -0.25) is 19.3 Å². The van der Waals surface area contributed by atoms with Gasteiger partial charge in [0.15, 0.2) is 0 Å². The van der Waals surface area contributed by atoms with Crippen LogP contribution in [0.1, 0.15) is 24.0 Å². The molecule has 1 N–H and O–H groups in total. The maximum Gasteiger partial charge on any atom is 0.294 e. The van der Waals surface area contributed by atoms with Crippen LogP contribution in [0.4, 0.5) is 16.2 Å². The van der Waals surface area contributed by atoms with E-state index >= 15 is 0 Å². The van der Waals surface area contributed by atoms with Gasteiger partial charge in [-0.15, -0.1) is 0 Å². The minimum atomic E-state index is -0.474. The normalized spacial score (nSPS) is 17.5. The maximum absolute atomic E-state index is 12.8. The second kappa shape index (κ2) is 9.68. The first-order valence-electron chi connectivity index (χ1n) is 10.2.